The van der Waals surface area contributed by atoms with Crippen LogP contribution >= 0.6 is 12.2 Å². The second-order valence-electron chi connectivity index (χ2n) is 5.22. The summed E-state index contributed by atoms with van der Waals surface area (Å²) in [6, 6.07) is 2.11. The quantitative estimate of drug-likeness (QED) is 0.822. The molecule has 1 fully saturated rings. The second-order valence-corrected chi connectivity index (χ2v) is 5.66. The fourth-order valence-electron chi connectivity index (χ4n) is 2.81. The molecule has 0 amide bonds. The maximum atomic E-state index is 5.81. The number of rotatable bonds is 4. The third-order valence-electron chi connectivity index (χ3n) is 3.84. The minimum Gasteiger partial charge on any atom is -0.389 e. The molecule has 0 spiro atoms. The molecular weight excluding hydrogens is 258 g/mol. The summed E-state index contributed by atoms with van der Waals surface area (Å²) in [4.78, 5) is 5.12. The minimum absolute atomic E-state index is 0.286. The van der Waals surface area contributed by atoms with E-state index in [0.717, 1.165) is 50.2 Å². The van der Waals surface area contributed by atoms with Crippen molar-refractivity contribution in [3.05, 3.63) is 22.9 Å². The number of anilines is 1. The van der Waals surface area contributed by atoms with Gasteiger partial charge in [0.15, 0.2) is 0 Å². The number of thiocarbonyl (C=S) groups is 1. The van der Waals surface area contributed by atoms with Gasteiger partial charge in [-0.25, -0.2) is 4.98 Å². The van der Waals surface area contributed by atoms with E-state index in [2.05, 4.69) is 11.4 Å². The minimum atomic E-state index is 0.286. The number of nitrogens with zero attached hydrogens (tertiary/aromatic N) is 1. The van der Waals surface area contributed by atoms with Crippen LogP contribution in [0.4, 0.5) is 5.82 Å². The maximum absolute atomic E-state index is 5.81. The third kappa shape index (κ3) is 2.72. The number of fused-ring (bicyclic) bond motifs is 1. The Labute approximate surface area is 118 Å². The molecule has 5 heteroatoms. The Bertz CT molecular complexity index is 498. The van der Waals surface area contributed by atoms with Crippen molar-refractivity contribution < 1.29 is 4.74 Å². The smallest absolute Gasteiger partial charge is 0.136 e. The molecular formula is C14H19N3OS. The van der Waals surface area contributed by atoms with Gasteiger partial charge in [0.2, 0.25) is 0 Å². The molecule has 102 valence electrons. The Hall–Kier alpha value is -1.20. The zero-order chi connectivity index (χ0) is 13.2. The van der Waals surface area contributed by atoms with Crippen LogP contribution in [0.1, 0.15) is 36.1 Å². The highest BCUT2D eigenvalue weighted by Crippen LogP contribution is 2.25. The van der Waals surface area contributed by atoms with Gasteiger partial charge in [0, 0.05) is 18.8 Å². The van der Waals surface area contributed by atoms with Gasteiger partial charge in [-0.15, -0.1) is 0 Å². The molecule has 0 aromatic carbocycles. The number of aryl methyl sites for hydroxylation is 2. The molecule has 4 nitrogen and oxygen atoms in total. The van der Waals surface area contributed by atoms with Crippen molar-refractivity contribution in [2.45, 2.75) is 38.2 Å². The fourth-order valence-corrected chi connectivity index (χ4v) is 2.97. The van der Waals surface area contributed by atoms with Crippen LogP contribution in [0, 0.1) is 0 Å². The second kappa shape index (κ2) is 5.43. The van der Waals surface area contributed by atoms with Crippen LogP contribution in [-0.2, 0) is 17.6 Å². The molecule has 0 radical (unpaired) electrons. The summed E-state index contributed by atoms with van der Waals surface area (Å²) in [5, 5.41) is 3.36. The largest absolute Gasteiger partial charge is 0.389 e. The summed E-state index contributed by atoms with van der Waals surface area (Å²) >= 11 is 5.14. The lowest BCUT2D eigenvalue weighted by atomic mass is 10.1. The molecule has 2 aliphatic rings. The summed E-state index contributed by atoms with van der Waals surface area (Å²) in [7, 11) is 0. The Morgan fingerprint density at radius 1 is 1.47 bits per heavy atom. The standard InChI is InChI=1S/C14H19N3OS/c15-13(19)11-7-9-3-1-5-12(9)17-14(11)16-8-10-4-2-6-18-10/h7,10H,1-6,8H2,(H2,15,19)(H,16,17). The van der Waals surface area contributed by atoms with Gasteiger partial charge in [0.25, 0.3) is 0 Å². The van der Waals surface area contributed by atoms with Gasteiger partial charge >= 0.3 is 0 Å². The van der Waals surface area contributed by atoms with Gasteiger partial charge in [-0.2, -0.15) is 0 Å². The van der Waals surface area contributed by atoms with E-state index in [1.807, 2.05) is 0 Å². The lowest BCUT2D eigenvalue weighted by Crippen LogP contribution is -2.22. The number of ether oxygens (including phenoxy) is 1. The lowest BCUT2D eigenvalue weighted by Gasteiger charge is -2.15. The Kier molecular flexibility index (Phi) is 3.66. The van der Waals surface area contributed by atoms with Crippen molar-refractivity contribution in [1.82, 2.24) is 4.98 Å². The van der Waals surface area contributed by atoms with E-state index in [1.165, 1.54) is 17.7 Å². The average molecular weight is 277 g/mol. The lowest BCUT2D eigenvalue weighted by molar-refractivity contribution is 0.120. The molecule has 2 heterocycles. The SMILES string of the molecule is NC(=S)c1cc2c(nc1NCC1CCCO1)CCC2. The molecule has 3 N–H and O–H groups in total. The summed E-state index contributed by atoms with van der Waals surface area (Å²) in [5.41, 5.74) is 9.17. The number of nitrogens with two attached hydrogens (primary N) is 1. The van der Waals surface area contributed by atoms with E-state index in [-0.39, 0.29) is 6.10 Å². The predicted octanol–water partition coefficient (Wildman–Crippen LogP) is 1.80. The number of hydrogen-bond acceptors (Lipinski definition) is 4. The highest BCUT2D eigenvalue weighted by Gasteiger charge is 2.19. The van der Waals surface area contributed by atoms with E-state index < -0.39 is 0 Å². The highest BCUT2D eigenvalue weighted by molar-refractivity contribution is 7.80. The van der Waals surface area contributed by atoms with Crippen LogP contribution in [0.5, 0.6) is 0 Å². The topological polar surface area (TPSA) is 60.2 Å². The Morgan fingerprint density at radius 2 is 2.37 bits per heavy atom. The third-order valence-corrected chi connectivity index (χ3v) is 4.06. The zero-order valence-electron chi connectivity index (χ0n) is 10.9. The van der Waals surface area contributed by atoms with E-state index in [0.29, 0.717) is 4.99 Å². The van der Waals surface area contributed by atoms with Crippen LogP contribution in [0.3, 0.4) is 0 Å². The van der Waals surface area contributed by atoms with E-state index in [1.54, 1.807) is 0 Å². The van der Waals surface area contributed by atoms with Gasteiger partial charge in [-0.05, 0) is 43.7 Å². The van der Waals surface area contributed by atoms with Crippen molar-refractivity contribution >= 4 is 23.0 Å². The highest BCUT2D eigenvalue weighted by atomic mass is 32.1. The zero-order valence-corrected chi connectivity index (χ0v) is 11.8. The molecule has 0 saturated carbocycles. The molecule has 19 heavy (non-hydrogen) atoms. The molecule has 1 aliphatic heterocycles. The predicted molar refractivity (Wildman–Crippen MR) is 79.6 cm³/mol. The average Bonchev–Trinajstić information content (AvgIpc) is 3.05. The number of nitrogens with one attached hydrogen (secondary N) is 1. The van der Waals surface area contributed by atoms with Gasteiger partial charge in [0.05, 0.1) is 11.7 Å². The first-order chi connectivity index (χ1) is 9.24. The molecule has 1 atom stereocenters. The molecule has 1 saturated heterocycles. The van der Waals surface area contributed by atoms with Gasteiger partial charge in [0.1, 0.15) is 10.8 Å². The summed E-state index contributed by atoms with van der Waals surface area (Å²) in [6.07, 6.45) is 5.86. The van der Waals surface area contributed by atoms with Gasteiger partial charge < -0.3 is 15.8 Å². The monoisotopic (exact) mass is 277 g/mol. The van der Waals surface area contributed by atoms with E-state index >= 15 is 0 Å². The number of hydrogen-bond donors (Lipinski definition) is 2. The van der Waals surface area contributed by atoms with Crippen molar-refractivity contribution in [3.8, 4) is 0 Å². The van der Waals surface area contributed by atoms with Gasteiger partial charge in [-0.3, -0.25) is 0 Å². The first-order valence-electron chi connectivity index (χ1n) is 6.92. The van der Waals surface area contributed by atoms with Crippen molar-refractivity contribution in [2.24, 2.45) is 5.73 Å². The Morgan fingerprint density at radius 3 is 3.11 bits per heavy atom. The molecule has 1 aromatic rings. The molecule has 1 unspecified atom stereocenters. The maximum Gasteiger partial charge on any atom is 0.136 e. The van der Waals surface area contributed by atoms with Crippen LogP contribution in [0.15, 0.2) is 6.07 Å². The van der Waals surface area contributed by atoms with Crippen molar-refractivity contribution in [3.63, 3.8) is 0 Å². The van der Waals surface area contributed by atoms with Crippen LogP contribution in [0.2, 0.25) is 0 Å². The fraction of sp³-hybridized carbons (Fsp3) is 0.571. The van der Waals surface area contributed by atoms with E-state index in [9.17, 15) is 0 Å². The normalized spacial score (nSPS) is 21.4. The summed E-state index contributed by atoms with van der Waals surface area (Å²) in [5.74, 6) is 0.823. The number of aromatic nitrogens is 1. The summed E-state index contributed by atoms with van der Waals surface area (Å²) in [6.45, 7) is 1.65. The molecule has 1 aromatic heterocycles. The molecule has 0 bridgehead atoms. The Balaban J connectivity index is 1.80. The first-order valence-corrected chi connectivity index (χ1v) is 7.33. The van der Waals surface area contributed by atoms with E-state index in [4.69, 9.17) is 27.7 Å². The van der Waals surface area contributed by atoms with Gasteiger partial charge in [-0.1, -0.05) is 12.2 Å². The van der Waals surface area contributed by atoms with Crippen LogP contribution in [-0.4, -0.2) is 29.2 Å². The molecule has 3 rings (SSSR count). The number of pyridine rings is 1. The first kappa shape index (κ1) is 12.8. The van der Waals surface area contributed by atoms with Crippen molar-refractivity contribution in [1.29, 1.82) is 0 Å². The van der Waals surface area contributed by atoms with Crippen LogP contribution < -0.4 is 11.1 Å². The molecule has 1 aliphatic carbocycles. The van der Waals surface area contributed by atoms with Crippen LogP contribution in [0.25, 0.3) is 0 Å². The van der Waals surface area contributed by atoms with Crippen molar-refractivity contribution in [2.75, 3.05) is 18.5 Å². The summed E-state index contributed by atoms with van der Waals surface area (Å²) < 4.78 is 5.61.